The number of hydrogen-bond donors (Lipinski definition) is 1. The summed E-state index contributed by atoms with van der Waals surface area (Å²) in [6, 6.07) is 2.56. The van der Waals surface area contributed by atoms with Gasteiger partial charge in [0.05, 0.1) is 10.1 Å². The van der Waals surface area contributed by atoms with Crippen molar-refractivity contribution in [3.8, 4) is 0 Å². The van der Waals surface area contributed by atoms with E-state index in [0.717, 1.165) is 12.8 Å². The highest BCUT2D eigenvalue weighted by Gasteiger charge is 2.33. The average Bonchev–Trinajstić information content (AvgIpc) is 2.66. The van der Waals surface area contributed by atoms with Crippen LogP contribution >= 0.6 is 15.9 Å². The lowest BCUT2D eigenvalue weighted by atomic mass is 9.92. The molecule has 1 aromatic rings. The van der Waals surface area contributed by atoms with Crippen LogP contribution in [-0.4, -0.2) is 10.7 Å². The molecule has 0 aromatic heterocycles. The van der Waals surface area contributed by atoms with Crippen LogP contribution in [0.3, 0.4) is 0 Å². The summed E-state index contributed by atoms with van der Waals surface area (Å²) in [6.07, 6.45) is 3.16. The van der Waals surface area contributed by atoms with E-state index in [1.54, 1.807) is 0 Å². The molecule has 2 rings (SSSR count). The molecule has 0 amide bonds. The Morgan fingerprint density at radius 1 is 1.25 bits per heavy atom. The number of benzene rings is 1. The summed E-state index contributed by atoms with van der Waals surface area (Å²) in [5, 5.41) is 10.1. The van der Waals surface area contributed by atoms with Crippen molar-refractivity contribution in [3.63, 3.8) is 0 Å². The van der Waals surface area contributed by atoms with Gasteiger partial charge in [0, 0.05) is 12.0 Å². The second-order valence-electron chi connectivity index (χ2n) is 4.43. The molecule has 1 saturated carbocycles. The SMILES string of the molecule is OC1(Cc2c(F)ccc(Br)c2F)CCCC1. The first-order valence-electron chi connectivity index (χ1n) is 5.37. The Morgan fingerprint density at radius 2 is 1.88 bits per heavy atom. The maximum Gasteiger partial charge on any atom is 0.143 e. The van der Waals surface area contributed by atoms with Gasteiger partial charge in [-0.2, -0.15) is 0 Å². The Morgan fingerprint density at radius 3 is 2.50 bits per heavy atom. The molecule has 4 heteroatoms. The molecule has 0 aliphatic heterocycles. The van der Waals surface area contributed by atoms with E-state index in [9.17, 15) is 13.9 Å². The molecule has 1 aliphatic rings. The number of aliphatic hydroxyl groups is 1. The third kappa shape index (κ3) is 2.28. The van der Waals surface area contributed by atoms with Gasteiger partial charge in [-0.05, 0) is 40.9 Å². The Kier molecular flexibility index (Phi) is 3.31. The molecule has 0 unspecified atom stereocenters. The molecule has 0 saturated heterocycles. The first-order chi connectivity index (χ1) is 7.52. The second-order valence-corrected chi connectivity index (χ2v) is 5.28. The summed E-state index contributed by atoms with van der Waals surface area (Å²) in [5.41, 5.74) is -0.943. The minimum absolute atomic E-state index is 0.0150. The molecule has 88 valence electrons. The third-order valence-electron chi connectivity index (χ3n) is 3.18. The van der Waals surface area contributed by atoms with E-state index in [2.05, 4.69) is 15.9 Å². The molecule has 1 aliphatic carbocycles. The fourth-order valence-corrected chi connectivity index (χ4v) is 2.64. The summed E-state index contributed by atoms with van der Waals surface area (Å²) in [6.45, 7) is 0. The van der Waals surface area contributed by atoms with Crippen molar-refractivity contribution in [3.05, 3.63) is 33.8 Å². The summed E-state index contributed by atoms with van der Waals surface area (Å²) in [7, 11) is 0. The molecule has 16 heavy (non-hydrogen) atoms. The maximum absolute atomic E-state index is 13.7. The summed E-state index contributed by atoms with van der Waals surface area (Å²) in [4.78, 5) is 0. The van der Waals surface area contributed by atoms with Gasteiger partial charge in [0.15, 0.2) is 0 Å². The molecule has 0 heterocycles. The van der Waals surface area contributed by atoms with Crippen molar-refractivity contribution >= 4 is 15.9 Å². The average molecular weight is 291 g/mol. The number of halogens is 3. The Balaban J connectivity index is 2.30. The lowest BCUT2D eigenvalue weighted by Crippen LogP contribution is -2.28. The molecule has 1 aromatic carbocycles. The summed E-state index contributed by atoms with van der Waals surface area (Å²) < 4.78 is 27.4. The van der Waals surface area contributed by atoms with Gasteiger partial charge in [-0.3, -0.25) is 0 Å². The normalized spacial score (nSPS) is 19.0. The van der Waals surface area contributed by atoms with Crippen LogP contribution in [0, 0.1) is 11.6 Å². The van der Waals surface area contributed by atoms with Gasteiger partial charge in [0.1, 0.15) is 11.6 Å². The zero-order chi connectivity index (χ0) is 11.8. The maximum atomic E-state index is 13.7. The molecular weight excluding hydrogens is 278 g/mol. The first kappa shape index (κ1) is 12.0. The van der Waals surface area contributed by atoms with Crippen LogP contribution in [0.2, 0.25) is 0 Å². The highest BCUT2D eigenvalue weighted by Crippen LogP contribution is 2.34. The van der Waals surface area contributed by atoms with Gasteiger partial charge in [0.2, 0.25) is 0 Å². The van der Waals surface area contributed by atoms with Crippen LogP contribution in [0.5, 0.6) is 0 Å². The first-order valence-corrected chi connectivity index (χ1v) is 6.16. The predicted molar refractivity (Wildman–Crippen MR) is 61.2 cm³/mol. The van der Waals surface area contributed by atoms with Crippen LogP contribution in [0.1, 0.15) is 31.2 Å². The van der Waals surface area contributed by atoms with E-state index in [1.165, 1.54) is 12.1 Å². The van der Waals surface area contributed by atoms with Gasteiger partial charge in [-0.25, -0.2) is 8.78 Å². The van der Waals surface area contributed by atoms with E-state index < -0.39 is 17.2 Å². The van der Waals surface area contributed by atoms with Crippen molar-refractivity contribution in [2.75, 3.05) is 0 Å². The highest BCUT2D eigenvalue weighted by atomic mass is 79.9. The predicted octanol–water partition coefficient (Wildman–Crippen LogP) is 3.57. The zero-order valence-corrected chi connectivity index (χ0v) is 10.4. The minimum atomic E-state index is -0.928. The van der Waals surface area contributed by atoms with Crippen LogP contribution in [0.4, 0.5) is 8.78 Å². The molecular formula is C12H13BrF2O. The van der Waals surface area contributed by atoms with Crippen LogP contribution < -0.4 is 0 Å². The van der Waals surface area contributed by atoms with Gasteiger partial charge < -0.3 is 5.11 Å². The van der Waals surface area contributed by atoms with Gasteiger partial charge >= 0.3 is 0 Å². The number of rotatable bonds is 2. The van der Waals surface area contributed by atoms with E-state index in [0.29, 0.717) is 12.8 Å². The molecule has 0 radical (unpaired) electrons. The minimum Gasteiger partial charge on any atom is -0.390 e. The van der Waals surface area contributed by atoms with E-state index in [1.807, 2.05) is 0 Å². The third-order valence-corrected chi connectivity index (χ3v) is 3.79. The van der Waals surface area contributed by atoms with E-state index >= 15 is 0 Å². The largest absolute Gasteiger partial charge is 0.390 e. The van der Waals surface area contributed by atoms with Crippen molar-refractivity contribution in [1.29, 1.82) is 0 Å². The van der Waals surface area contributed by atoms with Crippen LogP contribution in [0.25, 0.3) is 0 Å². The summed E-state index contributed by atoms with van der Waals surface area (Å²) in [5.74, 6) is -1.18. The second kappa shape index (κ2) is 4.41. The fourth-order valence-electron chi connectivity index (χ4n) is 2.27. The van der Waals surface area contributed by atoms with E-state index in [4.69, 9.17) is 0 Å². The van der Waals surface area contributed by atoms with Gasteiger partial charge in [-0.1, -0.05) is 12.8 Å². The van der Waals surface area contributed by atoms with Crippen molar-refractivity contribution in [1.82, 2.24) is 0 Å². The highest BCUT2D eigenvalue weighted by molar-refractivity contribution is 9.10. The monoisotopic (exact) mass is 290 g/mol. The van der Waals surface area contributed by atoms with Crippen LogP contribution in [0.15, 0.2) is 16.6 Å². The zero-order valence-electron chi connectivity index (χ0n) is 8.77. The van der Waals surface area contributed by atoms with Gasteiger partial charge in [-0.15, -0.1) is 0 Å². The lowest BCUT2D eigenvalue weighted by Gasteiger charge is -2.22. The van der Waals surface area contributed by atoms with Crippen molar-refractivity contribution in [2.24, 2.45) is 0 Å². The quantitative estimate of drug-likeness (QED) is 0.826. The van der Waals surface area contributed by atoms with Crippen LogP contribution in [-0.2, 0) is 6.42 Å². The smallest absolute Gasteiger partial charge is 0.143 e. The fraction of sp³-hybridized carbons (Fsp3) is 0.500. The van der Waals surface area contributed by atoms with E-state index in [-0.39, 0.29) is 16.5 Å². The molecule has 0 atom stereocenters. The summed E-state index contributed by atoms with van der Waals surface area (Å²) >= 11 is 3.02. The Labute approximate surface area is 102 Å². The van der Waals surface area contributed by atoms with Gasteiger partial charge in [0.25, 0.3) is 0 Å². The number of hydrogen-bond acceptors (Lipinski definition) is 1. The standard InChI is InChI=1S/C12H13BrF2O/c13-9-3-4-10(14)8(11(9)15)7-12(16)5-1-2-6-12/h3-4,16H,1-2,5-7H2. The van der Waals surface area contributed by atoms with Crippen molar-refractivity contribution in [2.45, 2.75) is 37.7 Å². The Bertz CT molecular complexity index is 400. The topological polar surface area (TPSA) is 20.2 Å². The molecule has 1 N–H and O–H groups in total. The van der Waals surface area contributed by atoms with Crippen molar-refractivity contribution < 1.29 is 13.9 Å². The lowest BCUT2D eigenvalue weighted by molar-refractivity contribution is 0.0463. The molecule has 0 spiro atoms. The molecule has 0 bridgehead atoms. The molecule has 1 fully saturated rings. The molecule has 1 nitrogen and oxygen atoms in total. The Hall–Kier alpha value is -0.480.